The van der Waals surface area contributed by atoms with Crippen molar-refractivity contribution in [1.82, 2.24) is 9.88 Å². The second-order valence-corrected chi connectivity index (χ2v) is 11.2. The Morgan fingerprint density at radius 2 is 1.83 bits per heavy atom. The number of rotatable bonds is 6. The summed E-state index contributed by atoms with van der Waals surface area (Å²) in [7, 11) is -3.97. The first-order valence-corrected chi connectivity index (χ1v) is 13.0. The van der Waals surface area contributed by atoms with E-state index in [0.29, 0.717) is 10.3 Å². The number of nitrogen functional groups attached to an aromatic ring is 1. The van der Waals surface area contributed by atoms with Gasteiger partial charge in [-0.3, -0.25) is 9.52 Å². The van der Waals surface area contributed by atoms with Crippen LogP contribution < -0.4 is 10.5 Å². The molecule has 0 saturated carbocycles. The predicted molar refractivity (Wildman–Crippen MR) is 127 cm³/mol. The molecule has 4 N–H and O–H groups in total. The van der Waals surface area contributed by atoms with Crippen LogP contribution in [0.25, 0.3) is 10.2 Å². The molecule has 13 heteroatoms. The Labute approximate surface area is 203 Å². The Bertz CT molecular complexity index is 1330. The van der Waals surface area contributed by atoms with Crippen LogP contribution >= 0.6 is 11.3 Å². The molecule has 0 aliphatic carbocycles. The van der Waals surface area contributed by atoms with Crippen molar-refractivity contribution < 1.29 is 31.5 Å². The molecule has 2 aromatic carbocycles. The monoisotopic (exact) mass is 528 g/mol. The number of piperidine rings is 1. The number of halogens is 3. The smallest absolute Gasteiger partial charge is 0.389 e. The van der Waals surface area contributed by atoms with Crippen LogP contribution in [0.2, 0.25) is 0 Å². The fourth-order valence-electron chi connectivity index (χ4n) is 3.98. The fraction of sp³-hybridized carbons (Fsp3) is 0.364. The summed E-state index contributed by atoms with van der Waals surface area (Å²) < 4.78 is 66.4. The average Bonchev–Trinajstić information content (AvgIpc) is 3.18. The molecule has 1 aliphatic heterocycles. The minimum Gasteiger partial charge on any atom is -0.390 e. The lowest BCUT2D eigenvalue weighted by atomic mass is 9.86. The second kappa shape index (κ2) is 9.28. The van der Waals surface area contributed by atoms with Gasteiger partial charge in [0.1, 0.15) is 10.4 Å². The molecular formula is C22H23F3N4O4S2. The maximum Gasteiger partial charge on any atom is 0.389 e. The van der Waals surface area contributed by atoms with Crippen LogP contribution in [0.3, 0.4) is 0 Å². The first kappa shape index (κ1) is 25.2. The number of aliphatic hydroxyl groups is 1. The van der Waals surface area contributed by atoms with E-state index >= 15 is 0 Å². The number of fused-ring (bicyclic) bond motifs is 1. The highest BCUT2D eigenvalue weighted by atomic mass is 32.2. The molecule has 0 unspecified atom stereocenters. The first-order chi connectivity index (χ1) is 16.4. The van der Waals surface area contributed by atoms with Crippen LogP contribution in [0.15, 0.2) is 47.4 Å². The Morgan fingerprint density at radius 3 is 2.46 bits per heavy atom. The molecule has 0 atom stereocenters. The number of thiazole rings is 1. The molecule has 35 heavy (non-hydrogen) atoms. The molecule has 1 aliphatic rings. The number of anilines is 2. The summed E-state index contributed by atoms with van der Waals surface area (Å²) in [5.74, 6) is -0.347. The number of amides is 1. The van der Waals surface area contributed by atoms with Gasteiger partial charge < -0.3 is 15.7 Å². The standard InChI is InChI=1S/C22H23F3N4O4S2/c23-22(24,25)9-8-21(31)10-12-29(13-11-21)19(30)14-4-6-15(7-5-14)28-35(32,33)17-3-1-2-16-18(17)27-20(26)34-16/h1-7,28,31H,8-13H2,(H2,26,27). The van der Waals surface area contributed by atoms with E-state index in [2.05, 4.69) is 9.71 Å². The lowest BCUT2D eigenvalue weighted by molar-refractivity contribution is -0.150. The summed E-state index contributed by atoms with van der Waals surface area (Å²) in [4.78, 5) is 18.3. The van der Waals surface area contributed by atoms with E-state index in [4.69, 9.17) is 5.73 Å². The van der Waals surface area contributed by atoms with E-state index in [1.165, 1.54) is 46.6 Å². The van der Waals surface area contributed by atoms with E-state index in [1.54, 1.807) is 12.1 Å². The number of sulfonamides is 1. The third-order valence-corrected chi connectivity index (χ3v) is 8.19. The minimum absolute atomic E-state index is 0.0190. The van der Waals surface area contributed by atoms with Gasteiger partial charge in [0.25, 0.3) is 15.9 Å². The number of benzene rings is 2. The molecule has 0 radical (unpaired) electrons. The van der Waals surface area contributed by atoms with E-state index in [-0.39, 0.29) is 53.1 Å². The third kappa shape index (κ3) is 5.85. The Hall–Kier alpha value is -2.90. The summed E-state index contributed by atoms with van der Waals surface area (Å²) in [6, 6.07) is 10.6. The van der Waals surface area contributed by atoms with E-state index in [9.17, 15) is 31.5 Å². The number of aromatic nitrogens is 1. The topological polar surface area (TPSA) is 126 Å². The number of nitrogens with two attached hydrogens (primary N) is 1. The van der Waals surface area contributed by atoms with Crippen molar-refractivity contribution >= 4 is 48.3 Å². The number of nitrogens with one attached hydrogen (secondary N) is 1. The van der Waals surface area contributed by atoms with Crippen molar-refractivity contribution in [2.45, 2.75) is 42.4 Å². The highest BCUT2D eigenvalue weighted by molar-refractivity contribution is 7.93. The Balaban J connectivity index is 1.40. The number of nitrogens with zero attached hydrogens (tertiary/aromatic N) is 2. The summed E-state index contributed by atoms with van der Waals surface area (Å²) in [5.41, 5.74) is 5.07. The first-order valence-electron chi connectivity index (χ1n) is 10.7. The largest absolute Gasteiger partial charge is 0.390 e. The number of carbonyl (C=O) groups is 1. The van der Waals surface area contributed by atoms with Gasteiger partial charge in [-0.25, -0.2) is 13.4 Å². The number of hydrogen-bond acceptors (Lipinski definition) is 7. The SMILES string of the molecule is Nc1nc2c(S(=O)(=O)Nc3ccc(C(=O)N4CCC(O)(CCC(F)(F)F)CC4)cc3)cccc2s1. The predicted octanol–water partition coefficient (Wildman–Crippen LogP) is 3.99. The van der Waals surface area contributed by atoms with Crippen molar-refractivity contribution in [2.75, 3.05) is 23.5 Å². The molecule has 3 aromatic rings. The molecule has 1 aromatic heterocycles. The van der Waals surface area contributed by atoms with Gasteiger partial charge in [0.2, 0.25) is 0 Å². The minimum atomic E-state index is -4.34. The summed E-state index contributed by atoms with van der Waals surface area (Å²) in [6.45, 7) is 0.255. The molecule has 1 saturated heterocycles. The molecule has 0 spiro atoms. The van der Waals surface area contributed by atoms with Crippen molar-refractivity contribution in [3.8, 4) is 0 Å². The Morgan fingerprint density at radius 1 is 1.17 bits per heavy atom. The zero-order valence-electron chi connectivity index (χ0n) is 18.4. The van der Waals surface area contributed by atoms with E-state index in [1.807, 2.05) is 0 Å². The van der Waals surface area contributed by atoms with Crippen LogP contribution in [0.4, 0.5) is 24.0 Å². The molecule has 188 valence electrons. The lowest BCUT2D eigenvalue weighted by Gasteiger charge is -2.38. The maximum absolute atomic E-state index is 12.9. The van der Waals surface area contributed by atoms with Gasteiger partial charge in [0.15, 0.2) is 5.13 Å². The van der Waals surface area contributed by atoms with Gasteiger partial charge in [-0.1, -0.05) is 17.4 Å². The van der Waals surface area contributed by atoms with Crippen molar-refractivity contribution in [2.24, 2.45) is 0 Å². The third-order valence-electron chi connectivity index (χ3n) is 5.93. The van der Waals surface area contributed by atoms with Gasteiger partial charge in [-0.05, 0) is 55.7 Å². The van der Waals surface area contributed by atoms with Gasteiger partial charge in [0, 0.05) is 30.8 Å². The number of para-hydroxylation sites is 1. The second-order valence-electron chi connectivity index (χ2n) is 8.47. The summed E-state index contributed by atoms with van der Waals surface area (Å²) in [6.07, 6.45) is -5.70. The van der Waals surface area contributed by atoms with Gasteiger partial charge in [0.05, 0.1) is 10.3 Å². The average molecular weight is 529 g/mol. The van der Waals surface area contributed by atoms with Crippen LogP contribution in [0, 0.1) is 0 Å². The van der Waals surface area contributed by atoms with Crippen LogP contribution in [0.5, 0.6) is 0 Å². The highest BCUT2D eigenvalue weighted by Crippen LogP contribution is 2.33. The van der Waals surface area contributed by atoms with Gasteiger partial charge >= 0.3 is 6.18 Å². The van der Waals surface area contributed by atoms with E-state index < -0.39 is 34.6 Å². The van der Waals surface area contributed by atoms with Crippen molar-refractivity contribution in [3.63, 3.8) is 0 Å². The summed E-state index contributed by atoms with van der Waals surface area (Å²) in [5, 5.41) is 10.6. The zero-order chi connectivity index (χ0) is 25.4. The lowest BCUT2D eigenvalue weighted by Crippen LogP contribution is -2.47. The van der Waals surface area contributed by atoms with Crippen molar-refractivity contribution in [1.29, 1.82) is 0 Å². The van der Waals surface area contributed by atoms with Gasteiger partial charge in [-0.2, -0.15) is 13.2 Å². The van der Waals surface area contributed by atoms with Crippen LogP contribution in [-0.2, 0) is 10.0 Å². The molecule has 2 heterocycles. The maximum atomic E-state index is 12.9. The fourth-order valence-corrected chi connectivity index (χ4v) is 6.03. The number of hydrogen-bond donors (Lipinski definition) is 3. The van der Waals surface area contributed by atoms with Gasteiger partial charge in [-0.15, -0.1) is 0 Å². The molecule has 4 rings (SSSR count). The summed E-state index contributed by atoms with van der Waals surface area (Å²) >= 11 is 1.18. The number of carbonyl (C=O) groups excluding carboxylic acids is 1. The van der Waals surface area contributed by atoms with Crippen LogP contribution in [0.1, 0.15) is 36.0 Å². The molecule has 1 fully saturated rings. The van der Waals surface area contributed by atoms with Crippen molar-refractivity contribution in [3.05, 3.63) is 48.0 Å². The molecule has 1 amide bonds. The number of likely N-dealkylation sites (tertiary alicyclic amines) is 1. The highest BCUT2D eigenvalue weighted by Gasteiger charge is 2.38. The Kier molecular flexibility index (Phi) is 6.68. The normalized spacial score (nSPS) is 16.4. The molecular weight excluding hydrogens is 505 g/mol. The zero-order valence-corrected chi connectivity index (χ0v) is 20.0. The van der Waals surface area contributed by atoms with E-state index in [0.717, 1.165) is 0 Å². The quantitative estimate of drug-likeness (QED) is 0.444. The van der Waals surface area contributed by atoms with Crippen LogP contribution in [-0.4, -0.2) is 54.2 Å². The number of alkyl halides is 3. The molecule has 0 bridgehead atoms. The molecule has 8 nitrogen and oxygen atoms in total.